The first-order chi connectivity index (χ1) is 27.0. The second kappa shape index (κ2) is 12.1. The molecule has 260 valence electrons. The molecule has 0 N–H and O–H groups in total. The summed E-state index contributed by atoms with van der Waals surface area (Å²) in [6.07, 6.45) is 2.24. The highest BCUT2D eigenvalue weighted by Gasteiger charge is 2.35. The minimum absolute atomic E-state index is 0.0292. The molecule has 0 bridgehead atoms. The SMILES string of the molecule is CC1(C)c2ccccc2-c2ccc(-c3ccc(-n4c5ccccc5c5ccc6c(ccn6-c6cc(-c7ccccc7)cc(-c7ccccc7)c6)c54)cc3)cc21. The lowest BCUT2D eigenvalue weighted by atomic mass is 9.81. The Balaban J connectivity index is 1.05. The second-order valence-electron chi connectivity index (χ2n) is 15.4. The highest BCUT2D eigenvalue weighted by Crippen LogP contribution is 2.49. The van der Waals surface area contributed by atoms with Gasteiger partial charge < -0.3 is 9.13 Å². The van der Waals surface area contributed by atoms with Crippen molar-refractivity contribution in [3.05, 3.63) is 205 Å². The van der Waals surface area contributed by atoms with Crippen LogP contribution < -0.4 is 0 Å². The molecule has 2 heterocycles. The van der Waals surface area contributed by atoms with Gasteiger partial charge in [-0.15, -0.1) is 0 Å². The first-order valence-corrected chi connectivity index (χ1v) is 19.2. The molecule has 55 heavy (non-hydrogen) atoms. The molecule has 0 saturated heterocycles. The van der Waals surface area contributed by atoms with E-state index in [1.165, 1.54) is 88.3 Å². The summed E-state index contributed by atoms with van der Waals surface area (Å²) in [7, 11) is 0. The number of para-hydroxylation sites is 1. The monoisotopic (exact) mass is 702 g/mol. The van der Waals surface area contributed by atoms with Gasteiger partial charge in [0.2, 0.25) is 0 Å². The van der Waals surface area contributed by atoms with Crippen LogP contribution in [-0.2, 0) is 5.41 Å². The second-order valence-corrected chi connectivity index (χ2v) is 15.4. The Bertz CT molecular complexity index is 3030. The molecule has 8 aromatic carbocycles. The van der Waals surface area contributed by atoms with Crippen LogP contribution in [0.1, 0.15) is 25.0 Å². The number of hydrogen-bond acceptors (Lipinski definition) is 0. The quantitative estimate of drug-likeness (QED) is 0.169. The van der Waals surface area contributed by atoms with Crippen LogP contribution in [-0.4, -0.2) is 9.13 Å². The standard InChI is InChI=1S/C53H38N2/c1-53(2)48-19-11-9-17-43(48)44-26-23-38(34-49(44)53)37-21-24-41(25-22-37)55-51-20-12-10-18-45(51)46-27-28-50-47(52(46)55)29-30-54(50)42-32-39(35-13-5-3-6-14-35)31-40(33-42)36-15-7-4-8-16-36/h3-34H,1-2H3. The summed E-state index contributed by atoms with van der Waals surface area (Å²) in [5.41, 5.74) is 18.7. The lowest BCUT2D eigenvalue weighted by molar-refractivity contribution is 0.660. The topological polar surface area (TPSA) is 9.86 Å². The van der Waals surface area contributed by atoms with Gasteiger partial charge in [0, 0.05) is 39.1 Å². The number of rotatable bonds is 5. The lowest BCUT2D eigenvalue weighted by Crippen LogP contribution is -2.14. The molecule has 0 spiro atoms. The Morgan fingerprint density at radius 1 is 0.364 bits per heavy atom. The largest absolute Gasteiger partial charge is 0.316 e. The molecule has 1 aliphatic rings. The third-order valence-corrected chi connectivity index (χ3v) is 12.0. The summed E-state index contributed by atoms with van der Waals surface area (Å²) >= 11 is 0. The minimum atomic E-state index is -0.0292. The molecule has 2 heteroatoms. The summed E-state index contributed by atoms with van der Waals surface area (Å²) in [4.78, 5) is 0. The zero-order chi connectivity index (χ0) is 36.7. The van der Waals surface area contributed by atoms with Gasteiger partial charge in [0.05, 0.1) is 16.6 Å². The molecule has 2 nitrogen and oxygen atoms in total. The Morgan fingerprint density at radius 3 is 1.73 bits per heavy atom. The molecule has 2 aromatic heterocycles. The van der Waals surface area contributed by atoms with Crippen molar-refractivity contribution >= 4 is 32.7 Å². The maximum atomic E-state index is 2.46. The van der Waals surface area contributed by atoms with E-state index in [4.69, 9.17) is 0 Å². The van der Waals surface area contributed by atoms with Gasteiger partial charge in [-0.25, -0.2) is 0 Å². The minimum Gasteiger partial charge on any atom is -0.316 e. The van der Waals surface area contributed by atoms with Gasteiger partial charge in [-0.2, -0.15) is 0 Å². The van der Waals surface area contributed by atoms with Crippen molar-refractivity contribution in [1.29, 1.82) is 0 Å². The molecular weight excluding hydrogens is 665 g/mol. The van der Waals surface area contributed by atoms with Crippen LogP contribution in [0, 0.1) is 0 Å². The summed E-state index contributed by atoms with van der Waals surface area (Å²) in [6, 6.07) is 69.1. The Kier molecular flexibility index (Phi) is 6.93. The zero-order valence-electron chi connectivity index (χ0n) is 30.9. The molecule has 0 saturated carbocycles. The molecule has 0 amide bonds. The van der Waals surface area contributed by atoms with E-state index < -0.39 is 0 Å². The van der Waals surface area contributed by atoms with Gasteiger partial charge in [-0.1, -0.05) is 147 Å². The van der Waals surface area contributed by atoms with Gasteiger partial charge >= 0.3 is 0 Å². The first kappa shape index (κ1) is 31.6. The fourth-order valence-corrected chi connectivity index (χ4v) is 9.20. The van der Waals surface area contributed by atoms with E-state index >= 15 is 0 Å². The van der Waals surface area contributed by atoms with Crippen LogP contribution in [0.2, 0.25) is 0 Å². The number of hydrogen-bond donors (Lipinski definition) is 0. The van der Waals surface area contributed by atoms with Crippen molar-refractivity contribution in [2.24, 2.45) is 0 Å². The van der Waals surface area contributed by atoms with E-state index in [9.17, 15) is 0 Å². The highest BCUT2D eigenvalue weighted by molar-refractivity contribution is 6.18. The third-order valence-electron chi connectivity index (χ3n) is 12.0. The van der Waals surface area contributed by atoms with E-state index in [1.54, 1.807) is 0 Å². The van der Waals surface area contributed by atoms with Crippen molar-refractivity contribution in [3.8, 4) is 55.9 Å². The van der Waals surface area contributed by atoms with Gasteiger partial charge in [-0.3, -0.25) is 0 Å². The third kappa shape index (κ3) is 4.88. The highest BCUT2D eigenvalue weighted by atomic mass is 15.0. The van der Waals surface area contributed by atoms with Crippen LogP contribution >= 0.6 is 0 Å². The Hall–Kier alpha value is -6.90. The van der Waals surface area contributed by atoms with Crippen LogP contribution in [0.25, 0.3) is 88.6 Å². The number of benzene rings is 8. The summed E-state index contributed by atoms with van der Waals surface area (Å²) < 4.78 is 4.81. The molecule has 0 aliphatic heterocycles. The van der Waals surface area contributed by atoms with Crippen LogP contribution in [0.3, 0.4) is 0 Å². The summed E-state index contributed by atoms with van der Waals surface area (Å²) in [5, 5.41) is 3.74. The zero-order valence-corrected chi connectivity index (χ0v) is 30.9. The fourth-order valence-electron chi connectivity index (χ4n) is 9.20. The predicted molar refractivity (Wildman–Crippen MR) is 231 cm³/mol. The smallest absolute Gasteiger partial charge is 0.0635 e. The average molecular weight is 703 g/mol. The molecule has 0 radical (unpaired) electrons. The van der Waals surface area contributed by atoms with Crippen molar-refractivity contribution < 1.29 is 0 Å². The number of aromatic nitrogens is 2. The van der Waals surface area contributed by atoms with Gasteiger partial charge in [0.15, 0.2) is 0 Å². The molecule has 0 fully saturated rings. The van der Waals surface area contributed by atoms with Crippen molar-refractivity contribution in [2.75, 3.05) is 0 Å². The van der Waals surface area contributed by atoms with E-state index in [1.807, 2.05) is 0 Å². The van der Waals surface area contributed by atoms with Gasteiger partial charge in [0.25, 0.3) is 0 Å². The van der Waals surface area contributed by atoms with E-state index in [0.717, 1.165) is 11.4 Å². The molecule has 10 aromatic rings. The van der Waals surface area contributed by atoms with Gasteiger partial charge in [0.1, 0.15) is 0 Å². The van der Waals surface area contributed by atoms with Crippen molar-refractivity contribution in [2.45, 2.75) is 19.3 Å². The van der Waals surface area contributed by atoms with Crippen LogP contribution in [0.4, 0.5) is 0 Å². The van der Waals surface area contributed by atoms with E-state index in [0.29, 0.717) is 0 Å². The van der Waals surface area contributed by atoms with Crippen LogP contribution in [0.15, 0.2) is 194 Å². The number of fused-ring (bicyclic) bond motifs is 8. The maximum absolute atomic E-state index is 2.46. The lowest BCUT2D eigenvalue weighted by Gasteiger charge is -2.22. The van der Waals surface area contributed by atoms with Crippen molar-refractivity contribution in [3.63, 3.8) is 0 Å². The fraction of sp³-hybridized carbons (Fsp3) is 0.0566. The maximum Gasteiger partial charge on any atom is 0.0635 e. The Morgan fingerprint density at radius 2 is 0.982 bits per heavy atom. The summed E-state index contributed by atoms with van der Waals surface area (Å²) in [5.74, 6) is 0. The normalized spacial score (nSPS) is 13.1. The predicted octanol–water partition coefficient (Wildman–Crippen LogP) is 14.0. The van der Waals surface area contributed by atoms with E-state index in [2.05, 4.69) is 217 Å². The summed E-state index contributed by atoms with van der Waals surface area (Å²) in [6.45, 7) is 4.70. The van der Waals surface area contributed by atoms with Gasteiger partial charge in [-0.05, 0) is 110 Å². The Labute approximate surface area is 321 Å². The number of nitrogens with zero attached hydrogens (tertiary/aromatic N) is 2. The average Bonchev–Trinajstić information content (AvgIpc) is 3.90. The van der Waals surface area contributed by atoms with Crippen molar-refractivity contribution in [1.82, 2.24) is 9.13 Å². The molecular formula is C53H38N2. The van der Waals surface area contributed by atoms with Crippen LogP contribution in [0.5, 0.6) is 0 Å². The molecule has 1 aliphatic carbocycles. The molecule has 0 atom stereocenters. The first-order valence-electron chi connectivity index (χ1n) is 19.2. The molecule has 0 unspecified atom stereocenters. The molecule has 11 rings (SSSR count). The van der Waals surface area contributed by atoms with E-state index in [-0.39, 0.29) is 5.41 Å².